The van der Waals surface area contributed by atoms with E-state index in [1.807, 2.05) is 44.2 Å². The van der Waals surface area contributed by atoms with Crippen LogP contribution in [0.2, 0.25) is 5.02 Å². The van der Waals surface area contributed by atoms with Gasteiger partial charge in [-0.25, -0.2) is 4.98 Å². The highest BCUT2D eigenvalue weighted by atomic mass is 35.5. The van der Waals surface area contributed by atoms with Crippen LogP contribution in [0.25, 0.3) is 0 Å². The highest BCUT2D eigenvalue weighted by molar-refractivity contribution is 6.30. The molecule has 0 unspecified atom stereocenters. The van der Waals surface area contributed by atoms with Gasteiger partial charge in [-0.15, -0.1) is 0 Å². The topological polar surface area (TPSA) is 63.7 Å². The fraction of sp³-hybridized carbons (Fsp3) is 0.455. The Hall–Kier alpha value is -2.15. The predicted octanol–water partition coefficient (Wildman–Crippen LogP) is 3.64. The van der Waals surface area contributed by atoms with E-state index in [2.05, 4.69) is 15.0 Å². The van der Waals surface area contributed by atoms with E-state index in [9.17, 15) is 4.79 Å². The number of methoxy groups -OCH3 is 1. The molecular weight excluding hydrogens is 390 g/mol. The molecule has 0 saturated carbocycles. The average molecular weight is 420 g/mol. The molecule has 1 fully saturated rings. The molecule has 1 N–H and O–H groups in total. The third-order valence-corrected chi connectivity index (χ3v) is 4.79. The van der Waals surface area contributed by atoms with E-state index in [1.165, 1.54) is 0 Å². The molecule has 29 heavy (non-hydrogen) atoms. The van der Waals surface area contributed by atoms with E-state index < -0.39 is 0 Å². The number of nitrogens with one attached hydrogen (secondary N) is 1. The third kappa shape index (κ3) is 6.70. The van der Waals surface area contributed by atoms with Crippen LogP contribution in [0.3, 0.4) is 0 Å². The third-order valence-electron chi connectivity index (χ3n) is 4.54. The van der Waals surface area contributed by atoms with Crippen molar-refractivity contribution in [1.29, 1.82) is 0 Å². The molecule has 2 heterocycles. The van der Waals surface area contributed by atoms with Crippen molar-refractivity contribution in [2.75, 3.05) is 45.4 Å². The molecule has 7 heteroatoms. The minimum Gasteiger partial charge on any atom is -0.388 e. The van der Waals surface area contributed by atoms with Gasteiger partial charge in [0.05, 0.1) is 24.5 Å². The summed E-state index contributed by atoms with van der Waals surface area (Å²) in [5.74, 6) is 0.840. The largest absolute Gasteiger partial charge is 0.388 e. The van der Waals surface area contributed by atoms with E-state index in [0.717, 1.165) is 35.7 Å². The maximum Gasteiger partial charge on any atom is 0.253 e. The summed E-state index contributed by atoms with van der Waals surface area (Å²) in [6.45, 7) is 7.55. The number of amides is 1. The Bertz CT molecular complexity index is 791. The second-order valence-corrected chi connectivity index (χ2v) is 7.23. The standard InChI is InChI=1S/C20H24ClN3O2.C2H6O/c1-3-17-19(20(25)22-13-15-4-6-16(21)7-5-15)14(2)12-18(23-17)24-8-10-26-11-9-24;1-3-2/h4-7,12H,3,8-11,13H2,1-2H3,(H,22,25);1-2H3. The molecule has 2 aromatic rings. The number of ether oxygens (including phenoxy) is 2. The molecule has 0 aliphatic carbocycles. The first-order valence-corrected chi connectivity index (χ1v) is 10.1. The number of pyridine rings is 1. The van der Waals surface area contributed by atoms with Gasteiger partial charge in [-0.2, -0.15) is 0 Å². The van der Waals surface area contributed by atoms with Gasteiger partial charge in [0.2, 0.25) is 0 Å². The SMILES string of the molecule is CCc1nc(N2CCOCC2)cc(C)c1C(=O)NCc1ccc(Cl)cc1.COC. The van der Waals surface area contributed by atoms with Crippen LogP contribution < -0.4 is 10.2 Å². The van der Waals surface area contributed by atoms with E-state index >= 15 is 0 Å². The lowest BCUT2D eigenvalue weighted by Crippen LogP contribution is -2.37. The van der Waals surface area contributed by atoms with Crippen molar-refractivity contribution in [3.8, 4) is 0 Å². The van der Waals surface area contributed by atoms with Gasteiger partial charge in [-0.1, -0.05) is 30.7 Å². The second-order valence-electron chi connectivity index (χ2n) is 6.79. The van der Waals surface area contributed by atoms with E-state index in [-0.39, 0.29) is 5.91 Å². The van der Waals surface area contributed by atoms with Gasteiger partial charge in [0.25, 0.3) is 5.91 Å². The molecule has 158 valence electrons. The number of anilines is 1. The Kier molecular flexibility index (Phi) is 9.38. The minimum atomic E-state index is -0.0877. The molecule has 1 aliphatic heterocycles. The summed E-state index contributed by atoms with van der Waals surface area (Å²) >= 11 is 5.90. The quantitative estimate of drug-likeness (QED) is 0.801. The summed E-state index contributed by atoms with van der Waals surface area (Å²) < 4.78 is 9.66. The summed E-state index contributed by atoms with van der Waals surface area (Å²) in [7, 11) is 3.25. The van der Waals surface area contributed by atoms with Gasteiger partial charge < -0.3 is 19.7 Å². The molecule has 1 amide bonds. The van der Waals surface area contributed by atoms with E-state index in [4.69, 9.17) is 21.3 Å². The number of halogens is 1. The average Bonchev–Trinajstić information content (AvgIpc) is 2.73. The molecule has 1 aliphatic rings. The Morgan fingerprint density at radius 3 is 2.45 bits per heavy atom. The lowest BCUT2D eigenvalue weighted by atomic mass is 10.0. The molecule has 1 saturated heterocycles. The molecule has 3 rings (SSSR count). The normalized spacial score (nSPS) is 13.5. The number of morpholine rings is 1. The van der Waals surface area contributed by atoms with Crippen molar-refractivity contribution in [2.24, 2.45) is 0 Å². The Balaban J connectivity index is 0.000000941. The number of rotatable bonds is 5. The van der Waals surface area contributed by atoms with E-state index in [1.54, 1.807) is 14.2 Å². The number of carbonyl (C=O) groups excluding carboxylic acids is 1. The van der Waals surface area contributed by atoms with Crippen molar-refractivity contribution >= 4 is 23.3 Å². The van der Waals surface area contributed by atoms with Gasteiger partial charge in [0.15, 0.2) is 0 Å². The van der Waals surface area contributed by atoms with Crippen LogP contribution in [-0.2, 0) is 22.4 Å². The molecule has 6 nitrogen and oxygen atoms in total. The van der Waals surface area contributed by atoms with Crippen LogP contribution in [-0.4, -0.2) is 51.4 Å². The lowest BCUT2D eigenvalue weighted by molar-refractivity contribution is 0.0948. The van der Waals surface area contributed by atoms with Crippen molar-refractivity contribution in [3.63, 3.8) is 0 Å². The molecule has 1 aromatic heterocycles. The van der Waals surface area contributed by atoms with Crippen LogP contribution >= 0.6 is 11.6 Å². The summed E-state index contributed by atoms with van der Waals surface area (Å²) in [5.41, 5.74) is 3.47. The van der Waals surface area contributed by atoms with Crippen molar-refractivity contribution in [2.45, 2.75) is 26.8 Å². The van der Waals surface area contributed by atoms with Crippen LogP contribution in [0.4, 0.5) is 5.82 Å². The second kappa shape index (κ2) is 11.8. The molecule has 0 radical (unpaired) electrons. The Morgan fingerprint density at radius 2 is 1.86 bits per heavy atom. The van der Waals surface area contributed by atoms with Crippen LogP contribution in [0, 0.1) is 6.92 Å². The fourth-order valence-electron chi connectivity index (χ4n) is 3.11. The zero-order valence-electron chi connectivity index (χ0n) is 17.6. The molecule has 0 bridgehead atoms. The zero-order valence-corrected chi connectivity index (χ0v) is 18.4. The Labute approximate surface area is 178 Å². The number of hydrogen-bond donors (Lipinski definition) is 1. The van der Waals surface area contributed by atoms with Crippen molar-refractivity contribution in [3.05, 3.63) is 57.7 Å². The first-order valence-electron chi connectivity index (χ1n) is 9.76. The van der Waals surface area contributed by atoms with Crippen LogP contribution in [0.15, 0.2) is 30.3 Å². The highest BCUT2D eigenvalue weighted by Crippen LogP contribution is 2.21. The molecule has 0 spiro atoms. The summed E-state index contributed by atoms with van der Waals surface area (Å²) in [4.78, 5) is 19.7. The number of aromatic nitrogens is 1. The number of benzene rings is 1. The maximum absolute atomic E-state index is 12.8. The first-order chi connectivity index (χ1) is 14.0. The summed E-state index contributed by atoms with van der Waals surface area (Å²) in [6, 6.07) is 9.47. The van der Waals surface area contributed by atoms with Crippen LogP contribution in [0.1, 0.15) is 34.1 Å². The number of hydrogen-bond acceptors (Lipinski definition) is 5. The van der Waals surface area contributed by atoms with Crippen molar-refractivity contribution < 1.29 is 14.3 Å². The maximum atomic E-state index is 12.8. The Morgan fingerprint density at radius 1 is 1.24 bits per heavy atom. The fourth-order valence-corrected chi connectivity index (χ4v) is 3.24. The van der Waals surface area contributed by atoms with Crippen molar-refractivity contribution in [1.82, 2.24) is 10.3 Å². The van der Waals surface area contributed by atoms with Gasteiger partial charge >= 0.3 is 0 Å². The van der Waals surface area contributed by atoms with Crippen LogP contribution in [0.5, 0.6) is 0 Å². The minimum absolute atomic E-state index is 0.0877. The molecule has 1 aromatic carbocycles. The molecule has 0 atom stereocenters. The highest BCUT2D eigenvalue weighted by Gasteiger charge is 2.19. The van der Waals surface area contributed by atoms with E-state index in [0.29, 0.717) is 36.8 Å². The van der Waals surface area contributed by atoms with Gasteiger partial charge in [-0.05, 0) is 42.7 Å². The van der Waals surface area contributed by atoms with Gasteiger partial charge in [0.1, 0.15) is 5.82 Å². The zero-order chi connectivity index (χ0) is 21.2. The summed E-state index contributed by atoms with van der Waals surface area (Å²) in [5, 5.41) is 3.68. The smallest absolute Gasteiger partial charge is 0.253 e. The lowest BCUT2D eigenvalue weighted by Gasteiger charge is -2.29. The van der Waals surface area contributed by atoms with Gasteiger partial charge in [-0.3, -0.25) is 4.79 Å². The predicted molar refractivity (Wildman–Crippen MR) is 117 cm³/mol. The summed E-state index contributed by atoms with van der Waals surface area (Å²) in [6.07, 6.45) is 0.711. The number of carbonyl (C=O) groups is 1. The van der Waals surface area contributed by atoms with Gasteiger partial charge in [0, 0.05) is 38.9 Å². The number of aryl methyl sites for hydroxylation is 2. The monoisotopic (exact) mass is 419 g/mol. The molecular formula is C22H30ClN3O3. The first kappa shape index (κ1) is 23.1. The number of nitrogens with zero attached hydrogens (tertiary/aromatic N) is 2.